The summed E-state index contributed by atoms with van der Waals surface area (Å²) in [6.07, 6.45) is 2.71. The van der Waals surface area contributed by atoms with Crippen molar-refractivity contribution in [3.8, 4) is 0 Å². The van der Waals surface area contributed by atoms with Crippen LogP contribution in [-0.2, 0) is 16.0 Å². The number of benzene rings is 2. The number of hydrazone groups is 1. The van der Waals surface area contributed by atoms with Crippen LogP contribution in [0.15, 0.2) is 47.6 Å². The van der Waals surface area contributed by atoms with Crippen molar-refractivity contribution in [2.75, 3.05) is 5.01 Å². The quantitative estimate of drug-likeness (QED) is 0.705. The molecule has 6 nitrogen and oxygen atoms in total. The molecule has 1 heterocycles. The summed E-state index contributed by atoms with van der Waals surface area (Å²) >= 11 is 0. The van der Waals surface area contributed by atoms with Gasteiger partial charge in [0.15, 0.2) is 0 Å². The summed E-state index contributed by atoms with van der Waals surface area (Å²) in [5.74, 6) is -0.619. The van der Waals surface area contributed by atoms with Gasteiger partial charge in [0.25, 0.3) is 0 Å². The first-order valence-electron chi connectivity index (χ1n) is 10.9. The second kappa shape index (κ2) is 9.77. The predicted octanol–water partition coefficient (Wildman–Crippen LogP) is 4.15. The second-order valence-corrected chi connectivity index (χ2v) is 8.46. The van der Waals surface area contributed by atoms with E-state index in [4.69, 9.17) is 10.8 Å². The van der Waals surface area contributed by atoms with E-state index < -0.39 is 11.8 Å². The molecule has 3 rings (SSSR count). The van der Waals surface area contributed by atoms with Gasteiger partial charge in [0.1, 0.15) is 5.84 Å². The molecule has 0 fully saturated rings. The molecular formula is C25H32N4O2. The lowest BCUT2D eigenvalue weighted by molar-refractivity contribution is -0.127. The van der Waals surface area contributed by atoms with Crippen LogP contribution < -0.4 is 16.1 Å². The highest BCUT2D eigenvalue weighted by molar-refractivity contribution is 6.01. The SMILES string of the molecule is CCCc1cccc(C2CC(NC(=O)[C@H](C)CC(N)=O)=NN2c2cc(C)ccc2C)c1. The number of carbonyl (C=O) groups is 2. The van der Waals surface area contributed by atoms with Crippen LogP contribution in [0, 0.1) is 19.8 Å². The van der Waals surface area contributed by atoms with E-state index in [0.29, 0.717) is 12.3 Å². The minimum atomic E-state index is -0.499. The van der Waals surface area contributed by atoms with Crippen LogP contribution in [0.2, 0.25) is 0 Å². The van der Waals surface area contributed by atoms with E-state index in [-0.39, 0.29) is 18.4 Å². The largest absolute Gasteiger partial charge is 0.370 e. The van der Waals surface area contributed by atoms with E-state index in [1.807, 2.05) is 5.01 Å². The van der Waals surface area contributed by atoms with Gasteiger partial charge < -0.3 is 11.1 Å². The average molecular weight is 421 g/mol. The molecule has 31 heavy (non-hydrogen) atoms. The van der Waals surface area contributed by atoms with Crippen molar-refractivity contribution in [2.45, 2.75) is 59.4 Å². The van der Waals surface area contributed by atoms with Gasteiger partial charge >= 0.3 is 0 Å². The Kier molecular flexibility index (Phi) is 7.10. The van der Waals surface area contributed by atoms with E-state index in [9.17, 15) is 9.59 Å². The molecule has 6 heteroatoms. The van der Waals surface area contributed by atoms with Gasteiger partial charge in [-0.2, -0.15) is 5.10 Å². The Hall–Kier alpha value is -3.15. The number of hydrogen-bond donors (Lipinski definition) is 2. The highest BCUT2D eigenvalue weighted by Gasteiger charge is 2.32. The van der Waals surface area contributed by atoms with Gasteiger partial charge in [0.05, 0.1) is 11.7 Å². The normalized spacial score (nSPS) is 16.7. The van der Waals surface area contributed by atoms with Crippen LogP contribution in [0.4, 0.5) is 5.69 Å². The van der Waals surface area contributed by atoms with Gasteiger partial charge in [-0.25, -0.2) is 0 Å². The zero-order valence-electron chi connectivity index (χ0n) is 18.8. The molecule has 0 spiro atoms. The van der Waals surface area contributed by atoms with Crippen molar-refractivity contribution < 1.29 is 9.59 Å². The first-order chi connectivity index (χ1) is 14.8. The topological polar surface area (TPSA) is 87.8 Å². The summed E-state index contributed by atoms with van der Waals surface area (Å²) in [6, 6.07) is 14.9. The Morgan fingerprint density at radius 1 is 1.23 bits per heavy atom. The minimum absolute atomic E-state index is 0.0148. The van der Waals surface area contributed by atoms with Crippen molar-refractivity contribution >= 4 is 23.3 Å². The number of nitrogens with two attached hydrogens (primary N) is 1. The number of rotatable bonds is 7. The third kappa shape index (κ3) is 5.51. The van der Waals surface area contributed by atoms with Crippen LogP contribution >= 0.6 is 0 Å². The van der Waals surface area contributed by atoms with Crippen molar-refractivity contribution in [2.24, 2.45) is 16.8 Å². The van der Waals surface area contributed by atoms with Gasteiger partial charge in [-0.3, -0.25) is 14.6 Å². The van der Waals surface area contributed by atoms with Crippen LogP contribution in [0.3, 0.4) is 0 Å². The summed E-state index contributed by atoms with van der Waals surface area (Å²) in [7, 11) is 0. The van der Waals surface area contributed by atoms with Crippen LogP contribution in [-0.4, -0.2) is 17.6 Å². The van der Waals surface area contributed by atoms with Crippen LogP contribution in [0.1, 0.15) is 61.4 Å². The fourth-order valence-corrected chi connectivity index (χ4v) is 3.94. The number of hydrogen-bond acceptors (Lipinski definition) is 4. The van der Waals surface area contributed by atoms with Crippen molar-refractivity contribution in [1.29, 1.82) is 0 Å². The maximum absolute atomic E-state index is 12.6. The van der Waals surface area contributed by atoms with E-state index in [0.717, 1.165) is 29.7 Å². The van der Waals surface area contributed by atoms with Gasteiger partial charge in [-0.15, -0.1) is 0 Å². The Labute approximate surface area is 184 Å². The van der Waals surface area contributed by atoms with E-state index in [1.165, 1.54) is 11.1 Å². The highest BCUT2D eigenvalue weighted by Crippen LogP contribution is 2.37. The molecular weight excluding hydrogens is 388 g/mol. The molecule has 0 aromatic heterocycles. The zero-order valence-corrected chi connectivity index (χ0v) is 18.8. The molecule has 0 radical (unpaired) electrons. The number of aryl methyl sites for hydroxylation is 3. The monoisotopic (exact) mass is 420 g/mol. The van der Waals surface area contributed by atoms with E-state index >= 15 is 0 Å². The fourth-order valence-electron chi connectivity index (χ4n) is 3.94. The molecule has 0 aliphatic carbocycles. The summed E-state index contributed by atoms with van der Waals surface area (Å²) in [4.78, 5) is 23.7. The Morgan fingerprint density at radius 3 is 2.71 bits per heavy atom. The lowest BCUT2D eigenvalue weighted by atomic mass is 9.98. The zero-order chi connectivity index (χ0) is 22.5. The Balaban J connectivity index is 1.93. The average Bonchev–Trinajstić information content (AvgIpc) is 3.13. The lowest BCUT2D eigenvalue weighted by Gasteiger charge is -2.26. The summed E-state index contributed by atoms with van der Waals surface area (Å²) in [6.45, 7) is 8.01. The molecule has 2 aromatic carbocycles. The number of amides is 2. The van der Waals surface area contributed by atoms with E-state index in [2.05, 4.69) is 68.6 Å². The maximum Gasteiger partial charge on any atom is 0.228 e. The Morgan fingerprint density at radius 2 is 2.00 bits per heavy atom. The van der Waals surface area contributed by atoms with Gasteiger partial charge in [0.2, 0.25) is 11.8 Å². The molecule has 2 amide bonds. The predicted molar refractivity (Wildman–Crippen MR) is 125 cm³/mol. The molecule has 1 aliphatic rings. The first-order valence-corrected chi connectivity index (χ1v) is 10.9. The number of nitrogens with one attached hydrogen (secondary N) is 1. The summed E-state index contributed by atoms with van der Waals surface area (Å²) < 4.78 is 0. The number of nitrogens with zero attached hydrogens (tertiary/aromatic N) is 2. The number of primary amides is 1. The molecule has 1 aliphatic heterocycles. The Bertz CT molecular complexity index is 999. The third-order valence-electron chi connectivity index (χ3n) is 5.62. The van der Waals surface area contributed by atoms with E-state index in [1.54, 1.807) is 6.92 Å². The molecule has 164 valence electrons. The van der Waals surface area contributed by atoms with Crippen LogP contribution in [0.25, 0.3) is 0 Å². The molecule has 2 aromatic rings. The van der Waals surface area contributed by atoms with Crippen LogP contribution in [0.5, 0.6) is 0 Å². The van der Waals surface area contributed by atoms with Gasteiger partial charge in [0, 0.05) is 18.8 Å². The third-order valence-corrected chi connectivity index (χ3v) is 5.62. The number of amidine groups is 1. The van der Waals surface area contributed by atoms with Gasteiger partial charge in [-0.1, -0.05) is 56.7 Å². The van der Waals surface area contributed by atoms with Gasteiger partial charge in [-0.05, 0) is 48.6 Å². The molecule has 1 unspecified atom stereocenters. The molecule has 2 atom stereocenters. The van der Waals surface area contributed by atoms with Crippen molar-refractivity contribution in [3.63, 3.8) is 0 Å². The van der Waals surface area contributed by atoms with Crippen molar-refractivity contribution in [3.05, 3.63) is 64.7 Å². The molecule has 0 saturated heterocycles. The highest BCUT2D eigenvalue weighted by atomic mass is 16.2. The first kappa shape index (κ1) is 22.5. The smallest absolute Gasteiger partial charge is 0.228 e. The maximum atomic E-state index is 12.6. The molecule has 0 saturated carbocycles. The fraction of sp³-hybridized carbons (Fsp3) is 0.400. The standard InChI is InChI=1S/C25H32N4O2/c1-5-7-19-8-6-9-20(14-19)22-15-24(27-25(31)18(4)13-23(26)30)28-29(22)21-12-16(2)10-11-17(21)3/h6,8-12,14,18,22H,5,7,13,15H2,1-4H3,(H2,26,30)(H,27,28,31)/t18-,22?/m1/s1. The summed E-state index contributed by atoms with van der Waals surface area (Å²) in [5, 5.41) is 9.73. The minimum Gasteiger partial charge on any atom is -0.370 e. The number of carbonyl (C=O) groups excluding carboxylic acids is 2. The number of anilines is 1. The lowest BCUT2D eigenvalue weighted by Crippen LogP contribution is -2.35. The van der Waals surface area contributed by atoms with Crippen molar-refractivity contribution in [1.82, 2.24) is 5.32 Å². The molecule has 3 N–H and O–H groups in total. The second-order valence-electron chi connectivity index (χ2n) is 8.46. The molecule has 0 bridgehead atoms. The summed E-state index contributed by atoms with van der Waals surface area (Å²) in [5.41, 5.74) is 11.0.